The Kier molecular flexibility index (Phi) is 4.81. The predicted octanol–water partition coefficient (Wildman–Crippen LogP) is 3.18. The molecule has 0 spiro atoms. The fourth-order valence-electron chi connectivity index (χ4n) is 2.92. The minimum atomic E-state index is 0.0449. The minimum absolute atomic E-state index is 0.0449. The zero-order valence-corrected chi connectivity index (χ0v) is 14.1. The van der Waals surface area contributed by atoms with Crippen LogP contribution in [-0.4, -0.2) is 43.1 Å². The number of hydrogen-bond acceptors (Lipinski definition) is 5. The summed E-state index contributed by atoms with van der Waals surface area (Å²) in [6, 6.07) is 5.30. The fourth-order valence-corrected chi connectivity index (χ4v) is 3.73. The van der Waals surface area contributed by atoms with Crippen molar-refractivity contribution in [3.63, 3.8) is 0 Å². The number of benzene rings is 1. The van der Waals surface area contributed by atoms with Gasteiger partial charge in [0, 0.05) is 36.1 Å². The van der Waals surface area contributed by atoms with E-state index < -0.39 is 0 Å². The fraction of sp³-hybridized carbons (Fsp3) is 0.412. The van der Waals surface area contributed by atoms with Crippen molar-refractivity contribution in [2.45, 2.75) is 18.8 Å². The van der Waals surface area contributed by atoms with E-state index in [-0.39, 0.29) is 5.91 Å². The summed E-state index contributed by atoms with van der Waals surface area (Å²) in [5, 5.41) is 3.19. The molecule has 0 atom stereocenters. The lowest BCUT2D eigenvalue weighted by Gasteiger charge is -2.31. The van der Waals surface area contributed by atoms with Gasteiger partial charge in [-0.05, 0) is 31.0 Å². The van der Waals surface area contributed by atoms with E-state index in [0.717, 1.165) is 25.9 Å². The highest BCUT2D eigenvalue weighted by Gasteiger charge is 2.26. The Bertz CT molecular complexity index is 664. The second-order valence-corrected chi connectivity index (χ2v) is 6.43. The van der Waals surface area contributed by atoms with Crippen molar-refractivity contribution in [3.05, 3.63) is 40.3 Å². The zero-order valence-electron chi connectivity index (χ0n) is 13.3. The van der Waals surface area contributed by atoms with E-state index in [1.54, 1.807) is 43.8 Å². The van der Waals surface area contributed by atoms with Gasteiger partial charge in [0.2, 0.25) is 0 Å². The summed E-state index contributed by atoms with van der Waals surface area (Å²) in [6.45, 7) is 1.52. The highest BCUT2D eigenvalue weighted by Crippen LogP contribution is 2.31. The molecule has 0 aliphatic carbocycles. The lowest BCUT2D eigenvalue weighted by atomic mass is 9.97. The van der Waals surface area contributed by atoms with Crippen LogP contribution in [0, 0.1) is 0 Å². The molecule has 0 N–H and O–H groups in total. The van der Waals surface area contributed by atoms with Gasteiger partial charge >= 0.3 is 0 Å². The largest absolute Gasteiger partial charge is 0.493 e. The number of rotatable bonds is 4. The molecular weight excluding hydrogens is 312 g/mol. The van der Waals surface area contributed by atoms with Gasteiger partial charge in [-0.3, -0.25) is 4.79 Å². The number of carbonyl (C=O) groups is 1. The van der Waals surface area contributed by atoms with Gasteiger partial charge in [0.1, 0.15) is 0 Å². The van der Waals surface area contributed by atoms with E-state index in [1.807, 2.05) is 16.5 Å². The van der Waals surface area contributed by atoms with E-state index >= 15 is 0 Å². The molecule has 1 aliphatic heterocycles. The average molecular weight is 332 g/mol. The highest BCUT2D eigenvalue weighted by molar-refractivity contribution is 7.09. The van der Waals surface area contributed by atoms with Gasteiger partial charge in [-0.25, -0.2) is 4.98 Å². The van der Waals surface area contributed by atoms with Crippen molar-refractivity contribution >= 4 is 17.2 Å². The van der Waals surface area contributed by atoms with Crippen molar-refractivity contribution < 1.29 is 14.3 Å². The number of amides is 1. The van der Waals surface area contributed by atoms with Crippen molar-refractivity contribution in [2.24, 2.45) is 0 Å². The van der Waals surface area contributed by atoms with Crippen LogP contribution < -0.4 is 9.47 Å². The molecule has 2 aromatic rings. The van der Waals surface area contributed by atoms with Crippen molar-refractivity contribution in [1.82, 2.24) is 9.88 Å². The maximum absolute atomic E-state index is 12.7. The molecule has 1 fully saturated rings. The third-order valence-electron chi connectivity index (χ3n) is 4.21. The molecule has 1 aliphatic rings. The molecule has 23 heavy (non-hydrogen) atoms. The lowest BCUT2D eigenvalue weighted by molar-refractivity contribution is 0.0712. The number of carbonyl (C=O) groups excluding carboxylic acids is 1. The summed E-state index contributed by atoms with van der Waals surface area (Å²) < 4.78 is 10.5. The SMILES string of the molecule is COc1ccc(C(=O)N2CCC(c3nccs3)CC2)cc1OC. The smallest absolute Gasteiger partial charge is 0.253 e. The zero-order chi connectivity index (χ0) is 16.2. The highest BCUT2D eigenvalue weighted by atomic mass is 32.1. The van der Waals surface area contributed by atoms with E-state index in [1.165, 1.54) is 5.01 Å². The van der Waals surface area contributed by atoms with Crippen LogP contribution in [-0.2, 0) is 0 Å². The Balaban J connectivity index is 1.67. The number of likely N-dealkylation sites (tertiary alicyclic amines) is 1. The van der Waals surface area contributed by atoms with Crippen LogP contribution in [0.15, 0.2) is 29.8 Å². The second-order valence-electron chi connectivity index (χ2n) is 5.51. The molecule has 0 saturated carbocycles. The van der Waals surface area contributed by atoms with E-state index in [4.69, 9.17) is 9.47 Å². The van der Waals surface area contributed by atoms with Gasteiger partial charge in [-0.15, -0.1) is 11.3 Å². The Hall–Kier alpha value is -2.08. The van der Waals surface area contributed by atoms with Gasteiger partial charge < -0.3 is 14.4 Å². The first-order chi connectivity index (χ1) is 11.2. The first-order valence-electron chi connectivity index (χ1n) is 7.63. The van der Waals surface area contributed by atoms with E-state index in [0.29, 0.717) is 23.0 Å². The van der Waals surface area contributed by atoms with Crippen LogP contribution in [0.2, 0.25) is 0 Å². The molecule has 0 radical (unpaired) electrons. The van der Waals surface area contributed by atoms with Crippen LogP contribution in [0.3, 0.4) is 0 Å². The van der Waals surface area contributed by atoms with Crippen molar-refractivity contribution in [2.75, 3.05) is 27.3 Å². The summed E-state index contributed by atoms with van der Waals surface area (Å²) in [5.74, 6) is 1.73. The van der Waals surface area contributed by atoms with Gasteiger partial charge in [-0.2, -0.15) is 0 Å². The Morgan fingerprint density at radius 1 is 1.22 bits per heavy atom. The number of hydrogen-bond donors (Lipinski definition) is 0. The van der Waals surface area contributed by atoms with Crippen LogP contribution in [0.1, 0.15) is 34.1 Å². The molecule has 1 aromatic carbocycles. The minimum Gasteiger partial charge on any atom is -0.493 e. The predicted molar refractivity (Wildman–Crippen MR) is 89.5 cm³/mol. The number of ether oxygens (including phenoxy) is 2. The molecule has 6 heteroatoms. The Morgan fingerprint density at radius 3 is 2.57 bits per heavy atom. The molecule has 1 aromatic heterocycles. The lowest BCUT2D eigenvalue weighted by Crippen LogP contribution is -2.37. The van der Waals surface area contributed by atoms with Crippen LogP contribution >= 0.6 is 11.3 Å². The molecule has 1 saturated heterocycles. The van der Waals surface area contributed by atoms with Crippen LogP contribution in [0.5, 0.6) is 11.5 Å². The number of piperidine rings is 1. The first kappa shape index (κ1) is 15.8. The van der Waals surface area contributed by atoms with Crippen LogP contribution in [0.25, 0.3) is 0 Å². The molecule has 122 valence electrons. The Labute approximate surface area is 139 Å². The standard InChI is InChI=1S/C17H20N2O3S/c1-21-14-4-3-13(11-15(14)22-2)17(20)19-8-5-12(6-9-19)16-18-7-10-23-16/h3-4,7,10-12H,5-6,8-9H2,1-2H3. The average Bonchev–Trinajstić information content (AvgIpc) is 3.15. The number of nitrogens with zero attached hydrogens (tertiary/aromatic N) is 2. The summed E-state index contributed by atoms with van der Waals surface area (Å²) in [4.78, 5) is 19.0. The van der Waals surface area contributed by atoms with E-state index in [2.05, 4.69) is 4.98 Å². The molecule has 3 rings (SSSR count). The topological polar surface area (TPSA) is 51.7 Å². The van der Waals surface area contributed by atoms with Gasteiger partial charge in [-0.1, -0.05) is 0 Å². The van der Waals surface area contributed by atoms with Crippen molar-refractivity contribution in [1.29, 1.82) is 0 Å². The van der Waals surface area contributed by atoms with Crippen LogP contribution in [0.4, 0.5) is 0 Å². The summed E-state index contributed by atoms with van der Waals surface area (Å²) >= 11 is 1.70. The monoisotopic (exact) mass is 332 g/mol. The third kappa shape index (κ3) is 3.32. The van der Waals surface area contributed by atoms with E-state index in [9.17, 15) is 4.79 Å². The molecule has 5 nitrogen and oxygen atoms in total. The summed E-state index contributed by atoms with van der Waals surface area (Å²) in [6.07, 6.45) is 3.78. The number of aromatic nitrogens is 1. The van der Waals surface area contributed by atoms with Gasteiger partial charge in [0.15, 0.2) is 11.5 Å². The first-order valence-corrected chi connectivity index (χ1v) is 8.51. The molecule has 1 amide bonds. The molecule has 0 unspecified atom stereocenters. The maximum Gasteiger partial charge on any atom is 0.253 e. The molecule has 0 bridgehead atoms. The molecule has 2 heterocycles. The second kappa shape index (κ2) is 7.00. The quantitative estimate of drug-likeness (QED) is 0.863. The summed E-state index contributed by atoms with van der Waals surface area (Å²) in [5.41, 5.74) is 0.635. The third-order valence-corrected chi connectivity index (χ3v) is 5.15. The molecular formula is C17H20N2O3S. The van der Waals surface area contributed by atoms with Gasteiger partial charge in [0.05, 0.1) is 19.2 Å². The normalized spacial score (nSPS) is 15.5. The summed E-state index contributed by atoms with van der Waals surface area (Å²) in [7, 11) is 3.16. The maximum atomic E-state index is 12.7. The van der Waals surface area contributed by atoms with Crippen molar-refractivity contribution in [3.8, 4) is 11.5 Å². The number of thiazole rings is 1. The number of methoxy groups -OCH3 is 2. The van der Waals surface area contributed by atoms with Gasteiger partial charge in [0.25, 0.3) is 5.91 Å². The Morgan fingerprint density at radius 2 is 1.96 bits per heavy atom.